The lowest BCUT2D eigenvalue weighted by atomic mass is 9.90. The van der Waals surface area contributed by atoms with Crippen molar-refractivity contribution in [1.29, 1.82) is 0 Å². The van der Waals surface area contributed by atoms with Gasteiger partial charge in [0.1, 0.15) is 6.04 Å². The zero-order valence-corrected chi connectivity index (χ0v) is 9.70. The minimum atomic E-state index is -0.674. The highest BCUT2D eigenvalue weighted by molar-refractivity contribution is 5.74. The topological polar surface area (TPSA) is 52.6 Å². The number of likely N-dealkylation sites (N-methyl/N-ethyl adjacent to an activating group) is 1. The number of piperidine rings is 1. The van der Waals surface area contributed by atoms with E-state index < -0.39 is 5.97 Å². The van der Waals surface area contributed by atoms with E-state index in [-0.39, 0.29) is 12.0 Å². The minimum absolute atomic E-state index is 0.260. The Bertz CT molecular complexity index is 199. The van der Waals surface area contributed by atoms with E-state index in [1.54, 1.807) is 0 Å². The first kappa shape index (κ1) is 12.5. The Kier molecular flexibility index (Phi) is 5.05. The van der Waals surface area contributed by atoms with Crippen molar-refractivity contribution in [3.8, 4) is 0 Å². The second kappa shape index (κ2) is 6.08. The first-order chi connectivity index (χ1) is 7.20. The molecular formula is C11H22N2O2. The first-order valence-electron chi connectivity index (χ1n) is 5.88. The standard InChI is InChI=1S/C11H22N2O2/c1-3-13(4-2)10(11(14)15)9-6-5-7-12-8-9/h9-10,12H,3-8H2,1-2H3,(H,14,15). The van der Waals surface area contributed by atoms with Crippen LogP contribution in [0.15, 0.2) is 0 Å². The summed E-state index contributed by atoms with van der Waals surface area (Å²) in [4.78, 5) is 13.3. The van der Waals surface area contributed by atoms with E-state index in [1.807, 2.05) is 18.7 Å². The maximum absolute atomic E-state index is 11.3. The molecule has 4 heteroatoms. The molecule has 2 unspecified atom stereocenters. The molecule has 0 radical (unpaired) electrons. The maximum Gasteiger partial charge on any atom is 0.321 e. The predicted molar refractivity (Wildman–Crippen MR) is 59.9 cm³/mol. The number of carboxylic acids is 1. The van der Waals surface area contributed by atoms with Crippen LogP contribution in [-0.4, -0.2) is 48.2 Å². The predicted octanol–water partition coefficient (Wildman–Crippen LogP) is 0.781. The highest BCUT2D eigenvalue weighted by Gasteiger charge is 2.32. The Morgan fingerprint density at radius 2 is 2.20 bits per heavy atom. The van der Waals surface area contributed by atoms with E-state index in [2.05, 4.69) is 5.32 Å². The highest BCUT2D eigenvalue weighted by atomic mass is 16.4. The van der Waals surface area contributed by atoms with Crippen LogP contribution in [0.3, 0.4) is 0 Å². The Morgan fingerprint density at radius 1 is 1.53 bits per heavy atom. The summed E-state index contributed by atoms with van der Waals surface area (Å²) in [6.07, 6.45) is 2.12. The smallest absolute Gasteiger partial charge is 0.321 e. The maximum atomic E-state index is 11.3. The van der Waals surface area contributed by atoms with E-state index in [9.17, 15) is 9.90 Å². The SMILES string of the molecule is CCN(CC)C(C(=O)O)C1CCCNC1. The van der Waals surface area contributed by atoms with Crippen LogP contribution in [0, 0.1) is 5.92 Å². The summed E-state index contributed by atoms with van der Waals surface area (Å²) >= 11 is 0. The third-order valence-electron chi connectivity index (χ3n) is 3.24. The zero-order chi connectivity index (χ0) is 11.3. The second-order valence-electron chi connectivity index (χ2n) is 4.11. The molecule has 15 heavy (non-hydrogen) atoms. The summed E-state index contributed by atoms with van der Waals surface area (Å²) in [5, 5.41) is 12.6. The van der Waals surface area contributed by atoms with Crippen LogP contribution in [0.2, 0.25) is 0 Å². The van der Waals surface area contributed by atoms with Crippen molar-refractivity contribution in [3.63, 3.8) is 0 Å². The molecule has 0 aliphatic carbocycles. The molecule has 0 saturated carbocycles. The lowest BCUT2D eigenvalue weighted by molar-refractivity contribution is -0.145. The normalized spacial score (nSPS) is 24.1. The molecular weight excluding hydrogens is 192 g/mol. The second-order valence-corrected chi connectivity index (χ2v) is 4.11. The Labute approximate surface area is 91.6 Å². The van der Waals surface area contributed by atoms with Crippen LogP contribution in [0.4, 0.5) is 0 Å². The molecule has 0 bridgehead atoms. The quantitative estimate of drug-likeness (QED) is 0.710. The third kappa shape index (κ3) is 3.18. The van der Waals surface area contributed by atoms with Gasteiger partial charge in [-0.15, -0.1) is 0 Å². The Morgan fingerprint density at radius 3 is 2.60 bits per heavy atom. The molecule has 1 rings (SSSR count). The monoisotopic (exact) mass is 214 g/mol. The lowest BCUT2D eigenvalue weighted by Gasteiger charge is -2.35. The van der Waals surface area contributed by atoms with Crippen LogP contribution in [0.5, 0.6) is 0 Å². The van der Waals surface area contributed by atoms with Gasteiger partial charge in [-0.05, 0) is 38.4 Å². The van der Waals surface area contributed by atoms with Crippen molar-refractivity contribution < 1.29 is 9.90 Å². The van der Waals surface area contributed by atoms with Crippen molar-refractivity contribution in [3.05, 3.63) is 0 Å². The summed E-state index contributed by atoms with van der Waals surface area (Å²) in [5.74, 6) is -0.413. The molecule has 88 valence electrons. The van der Waals surface area contributed by atoms with Gasteiger partial charge in [0.25, 0.3) is 0 Å². The molecule has 0 aromatic carbocycles. The zero-order valence-electron chi connectivity index (χ0n) is 9.70. The molecule has 0 spiro atoms. The van der Waals surface area contributed by atoms with Gasteiger partial charge in [0.05, 0.1) is 0 Å². The van der Waals surface area contributed by atoms with Gasteiger partial charge in [-0.25, -0.2) is 0 Å². The van der Waals surface area contributed by atoms with E-state index in [4.69, 9.17) is 0 Å². The van der Waals surface area contributed by atoms with Crippen molar-refractivity contribution in [2.45, 2.75) is 32.7 Å². The summed E-state index contributed by atoms with van der Waals surface area (Å²) < 4.78 is 0. The number of carbonyl (C=O) groups is 1. The largest absolute Gasteiger partial charge is 0.480 e. The molecule has 1 aliphatic heterocycles. The molecule has 0 aromatic heterocycles. The number of hydrogen-bond acceptors (Lipinski definition) is 3. The molecule has 2 N–H and O–H groups in total. The van der Waals surface area contributed by atoms with E-state index in [0.717, 1.165) is 39.0 Å². The van der Waals surface area contributed by atoms with E-state index in [0.29, 0.717) is 0 Å². The fourth-order valence-corrected chi connectivity index (χ4v) is 2.42. The number of nitrogens with zero attached hydrogens (tertiary/aromatic N) is 1. The van der Waals surface area contributed by atoms with Crippen molar-refractivity contribution in [2.75, 3.05) is 26.2 Å². The van der Waals surface area contributed by atoms with Gasteiger partial charge in [-0.2, -0.15) is 0 Å². The average Bonchev–Trinajstić information content (AvgIpc) is 2.26. The molecule has 1 fully saturated rings. The molecule has 1 heterocycles. The van der Waals surface area contributed by atoms with Gasteiger partial charge >= 0.3 is 5.97 Å². The Hall–Kier alpha value is -0.610. The summed E-state index contributed by atoms with van der Waals surface area (Å²) in [7, 11) is 0. The number of aliphatic carboxylic acids is 1. The van der Waals surface area contributed by atoms with Gasteiger partial charge in [0.2, 0.25) is 0 Å². The van der Waals surface area contributed by atoms with Crippen molar-refractivity contribution in [1.82, 2.24) is 10.2 Å². The molecule has 0 amide bonds. The molecule has 4 nitrogen and oxygen atoms in total. The van der Waals surface area contributed by atoms with Gasteiger partial charge in [0, 0.05) is 6.54 Å². The van der Waals surface area contributed by atoms with Gasteiger partial charge in [0.15, 0.2) is 0 Å². The lowest BCUT2D eigenvalue weighted by Crippen LogP contribution is -2.50. The van der Waals surface area contributed by atoms with E-state index in [1.165, 1.54) is 0 Å². The van der Waals surface area contributed by atoms with Crippen LogP contribution in [0.25, 0.3) is 0 Å². The Balaban J connectivity index is 2.66. The number of carboxylic acid groups (broad SMARTS) is 1. The third-order valence-corrected chi connectivity index (χ3v) is 3.24. The number of nitrogens with one attached hydrogen (secondary N) is 1. The summed E-state index contributed by atoms with van der Waals surface area (Å²) in [5.41, 5.74) is 0. The highest BCUT2D eigenvalue weighted by Crippen LogP contribution is 2.19. The molecule has 2 atom stereocenters. The summed E-state index contributed by atoms with van der Waals surface area (Å²) in [6.45, 7) is 7.54. The fourth-order valence-electron chi connectivity index (χ4n) is 2.42. The van der Waals surface area contributed by atoms with Crippen LogP contribution < -0.4 is 5.32 Å². The van der Waals surface area contributed by atoms with Crippen molar-refractivity contribution >= 4 is 5.97 Å². The van der Waals surface area contributed by atoms with Gasteiger partial charge in [-0.3, -0.25) is 9.69 Å². The minimum Gasteiger partial charge on any atom is -0.480 e. The molecule has 1 saturated heterocycles. The van der Waals surface area contributed by atoms with Crippen LogP contribution in [-0.2, 0) is 4.79 Å². The number of rotatable bonds is 5. The van der Waals surface area contributed by atoms with Crippen molar-refractivity contribution in [2.24, 2.45) is 5.92 Å². The number of hydrogen-bond donors (Lipinski definition) is 2. The van der Waals surface area contributed by atoms with E-state index >= 15 is 0 Å². The summed E-state index contributed by atoms with van der Waals surface area (Å²) in [6, 6.07) is -0.312. The first-order valence-corrected chi connectivity index (χ1v) is 5.88. The fraction of sp³-hybridized carbons (Fsp3) is 0.909. The van der Waals surface area contributed by atoms with Crippen LogP contribution in [0.1, 0.15) is 26.7 Å². The average molecular weight is 214 g/mol. The van der Waals surface area contributed by atoms with Gasteiger partial charge in [-0.1, -0.05) is 13.8 Å². The molecule has 0 aromatic rings. The van der Waals surface area contributed by atoms with Gasteiger partial charge < -0.3 is 10.4 Å². The molecule has 1 aliphatic rings. The van der Waals surface area contributed by atoms with Crippen LogP contribution >= 0.6 is 0 Å².